The van der Waals surface area contributed by atoms with Gasteiger partial charge >= 0.3 is 0 Å². The molecule has 2 saturated heterocycles. The lowest BCUT2D eigenvalue weighted by Gasteiger charge is -2.39. The quantitative estimate of drug-likeness (QED) is 0.706. The van der Waals surface area contributed by atoms with Gasteiger partial charge in [-0.05, 0) is 47.4 Å². The third kappa shape index (κ3) is 2.26. The molecule has 2 fully saturated rings. The number of hydrogen-bond acceptors (Lipinski definition) is 2. The molecule has 5 heteroatoms. The molecule has 1 unspecified atom stereocenters. The summed E-state index contributed by atoms with van der Waals surface area (Å²) in [6, 6.07) is 4.73. The standard InChI is InChI=1S/C13H15BrCl2N2/c14-10-3-4-11(13(16)12(10)15)18-7-6-17-5-1-2-9(17)8-18/h3-4,9H,1-2,5-8H2. The summed E-state index contributed by atoms with van der Waals surface area (Å²) in [5.41, 5.74) is 1.07. The maximum Gasteiger partial charge on any atom is 0.0837 e. The molecule has 0 N–H and O–H groups in total. The Labute approximate surface area is 126 Å². The van der Waals surface area contributed by atoms with Crippen LogP contribution < -0.4 is 4.90 Å². The van der Waals surface area contributed by atoms with Crippen molar-refractivity contribution in [2.24, 2.45) is 0 Å². The molecule has 2 aliphatic rings. The van der Waals surface area contributed by atoms with Crippen molar-refractivity contribution in [1.29, 1.82) is 0 Å². The van der Waals surface area contributed by atoms with Crippen LogP contribution in [0.25, 0.3) is 0 Å². The zero-order chi connectivity index (χ0) is 12.7. The van der Waals surface area contributed by atoms with E-state index in [2.05, 4.69) is 31.8 Å². The van der Waals surface area contributed by atoms with E-state index in [1.54, 1.807) is 0 Å². The van der Waals surface area contributed by atoms with Gasteiger partial charge in [0.25, 0.3) is 0 Å². The number of nitrogens with zero attached hydrogens (tertiary/aromatic N) is 2. The van der Waals surface area contributed by atoms with Gasteiger partial charge in [-0.25, -0.2) is 0 Å². The van der Waals surface area contributed by atoms with Crippen LogP contribution in [0.5, 0.6) is 0 Å². The van der Waals surface area contributed by atoms with Gasteiger partial charge in [0.05, 0.1) is 15.7 Å². The second-order valence-electron chi connectivity index (χ2n) is 4.97. The van der Waals surface area contributed by atoms with Gasteiger partial charge in [-0.1, -0.05) is 23.2 Å². The molecular formula is C13H15BrCl2N2. The summed E-state index contributed by atoms with van der Waals surface area (Å²) >= 11 is 16.0. The fourth-order valence-corrected chi connectivity index (χ4v) is 3.86. The van der Waals surface area contributed by atoms with Gasteiger partial charge < -0.3 is 4.90 Å². The number of rotatable bonds is 1. The van der Waals surface area contributed by atoms with Gasteiger partial charge in [-0.3, -0.25) is 4.90 Å². The fraction of sp³-hybridized carbons (Fsp3) is 0.538. The highest BCUT2D eigenvalue weighted by Crippen LogP contribution is 2.38. The average Bonchev–Trinajstić information content (AvgIpc) is 2.83. The van der Waals surface area contributed by atoms with Crippen molar-refractivity contribution in [2.75, 3.05) is 31.1 Å². The van der Waals surface area contributed by atoms with Crippen molar-refractivity contribution in [3.8, 4) is 0 Å². The summed E-state index contributed by atoms with van der Waals surface area (Å²) in [7, 11) is 0. The molecule has 0 spiro atoms. The minimum atomic E-state index is 0.614. The Morgan fingerprint density at radius 3 is 2.78 bits per heavy atom. The summed E-state index contributed by atoms with van der Waals surface area (Å²) in [5.74, 6) is 0. The smallest absolute Gasteiger partial charge is 0.0837 e. The van der Waals surface area contributed by atoms with E-state index in [-0.39, 0.29) is 0 Å². The monoisotopic (exact) mass is 348 g/mol. The van der Waals surface area contributed by atoms with E-state index in [4.69, 9.17) is 23.2 Å². The number of benzene rings is 1. The lowest BCUT2D eigenvalue weighted by atomic mass is 10.1. The molecule has 0 bridgehead atoms. The molecule has 1 atom stereocenters. The average molecular weight is 350 g/mol. The molecule has 1 aromatic carbocycles. The van der Waals surface area contributed by atoms with E-state index in [0.29, 0.717) is 16.1 Å². The zero-order valence-corrected chi connectivity index (χ0v) is 13.1. The number of hydrogen-bond donors (Lipinski definition) is 0. The Morgan fingerprint density at radius 1 is 1.11 bits per heavy atom. The Morgan fingerprint density at radius 2 is 1.94 bits per heavy atom. The van der Waals surface area contributed by atoms with Gasteiger partial charge in [0.2, 0.25) is 0 Å². The zero-order valence-electron chi connectivity index (χ0n) is 10.0. The minimum absolute atomic E-state index is 0.614. The van der Waals surface area contributed by atoms with Crippen molar-refractivity contribution in [3.63, 3.8) is 0 Å². The largest absolute Gasteiger partial charge is 0.367 e. The first-order valence-corrected chi connectivity index (χ1v) is 7.84. The molecular weight excluding hydrogens is 335 g/mol. The Kier molecular flexibility index (Phi) is 3.77. The minimum Gasteiger partial charge on any atom is -0.367 e. The van der Waals surface area contributed by atoms with Crippen molar-refractivity contribution >= 4 is 44.8 Å². The molecule has 0 radical (unpaired) electrons. The van der Waals surface area contributed by atoms with Crippen LogP contribution in [-0.2, 0) is 0 Å². The van der Waals surface area contributed by atoms with Crippen LogP contribution in [0.15, 0.2) is 16.6 Å². The van der Waals surface area contributed by atoms with E-state index in [1.165, 1.54) is 19.4 Å². The molecule has 0 aliphatic carbocycles. The lowest BCUT2D eigenvalue weighted by molar-refractivity contribution is 0.231. The third-order valence-corrected chi connectivity index (χ3v) is 5.70. The molecule has 98 valence electrons. The van der Waals surface area contributed by atoms with Gasteiger partial charge in [-0.2, -0.15) is 0 Å². The summed E-state index contributed by atoms with van der Waals surface area (Å²) in [6.07, 6.45) is 2.63. The van der Waals surface area contributed by atoms with Crippen LogP contribution in [0.1, 0.15) is 12.8 Å². The molecule has 0 aromatic heterocycles. The third-order valence-electron chi connectivity index (χ3n) is 3.94. The SMILES string of the molecule is Clc1c(Br)ccc(N2CCN3CCCC3C2)c1Cl. The molecule has 0 amide bonds. The maximum absolute atomic E-state index is 6.36. The van der Waals surface area contributed by atoms with Crippen LogP contribution in [0, 0.1) is 0 Å². The van der Waals surface area contributed by atoms with Crippen molar-refractivity contribution in [1.82, 2.24) is 4.90 Å². The number of halogens is 3. The molecule has 3 rings (SSSR count). The predicted octanol–water partition coefficient (Wildman–Crippen LogP) is 4.04. The van der Waals surface area contributed by atoms with Crippen LogP contribution >= 0.6 is 39.1 Å². The Hall–Kier alpha value is 0.0400. The second-order valence-corrected chi connectivity index (χ2v) is 6.58. The molecule has 2 heterocycles. The highest BCUT2D eigenvalue weighted by Gasteiger charge is 2.31. The van der Waals surface area contributed by atoms with E-state index < -0.39 is 0 Å². The van der Waals surface area contributed by atoms with Crippen LogP contribution in [0.2, 0.25) is 10.0 Å². The van der Waals surface area contributed by atoms with E-state index in [0.717, 1.165) is 29.8 Å². The van der Waals surface area contributed by atoms with Gasteiger partial charge in [0.1, 0.15) is 0 Å². The summed E-state index contributed by atoms with van der Waals surface area (Å²) in [6.45, 7) is 4.49. The van der Waals surface area contributed by atoms with Crippen molar-refractivity contribution < 1.29 is 0 Å². The van der Waals surface area contributed by atoms with E-state index in [9.17, 15) is 0 Å². The first kappa shape index (κ1) is 13.0. The molecule has 0 saturated carbocycles. The van der Waals surface area contributed by atoms with Crippen molar-refractivity contribution in [2.45, 2.75) is 18.9 Å². The summed E-state index contributed by atoms with van der Waals surface area (Å²) in [4.78, 5) is 4.96. The number of piperazine rings is 1. The first-order chi connectivity index (χ1) is 8.66. The predicted molar refractivity (Wildman–Crippen MR) is 81.0 cm³/mol. The molecule has 2 nitrogen and oxygen atoms in total. The normalized spacial score (nSPS) is 24.4. The highest BCUT2D eigenvalue weighted by atomic mass is 79.9. The number of anilines is 1. The number of fused-ring (bicyclic) bond motifs is 1. The second kappa shape index (κ2) is 5.20. The van der Waals surface area contributed by atoms with Crippen LogP contribution in [-0.4, -0.2) is 37.1 Å². The van der Waals surface area contributed by atoms with Crippen LogP contribution in [0.4, 0.5) is 5.69 Å². The molecule has 2 aliphatic heterocycles. The van der Waals surface area contributed by atoms with Crippen molar-refractivity contribution in [3.05, 3.63) is 26.7 Å². The van der Waals surface area contributed by atoms with E-state index in [1.807, 2.05) is 6.07 Å². The summed E-state index contributed by atoms with van der Waals surface area (Å²) < 4.78 is 0.859. The van der Waals surface area contributed by atoms with Gasteiger partial charge in [-0.15, -0.1) is 0 Å². The molecule has 1 aromatic rings. The lowest BCUT2D eigenvalue weighted by Crippen LogP contribution is -2.50. The topological polar surface area (TPSA) is 6.48 Å². The first-order valence-electron chi connectivity index (χ1n) is 6.29. The summed E-state index contributed by atoms with van der Waals surface area (Å²) in [5, 5.41) is 1.28. The molecule has 18 heavy (non-hydrogen) atoms. The maximum atomic E-state index is 6.36. The van der Waals surface area contributed by atoms with Gasteiger partial charge in [0.15, 0.2) is 0 Å². The van der Waals surface area contributed by atoms with E-state index >= 15 is 0 Å². The fourth-order valence-electron chi connectivity index (χ4n) is 2.97. The van der Waals surface area contributed by atoms with Crippen LogP contribution in [0.3, 0.4) is 0 Å². The Balaban J connectivity index is 1.85. The highest BCUT2D eigenvalue weighted by molar-refractivity contribution is 9.10. The van der Waals surface area contributed by atoms with Gasteiger partial charge in [0, 0.05) is 30.1 Å². The Bertz CT molecular complexity index is 467.